The highest BCUT2D eigenvalue weighted by molar-refractivity contribution is 8.00. The van der Waals surface area contributed by atoms with Crippen molar-refractivity contribution in [2.75, 3.05) is 13.1 Å². The molecule has 1 aliphatic rings. The molecule has 2 nitrogen and oxygen atoms in total. The van der Waals surface area contributed by atoms with Crippen LogP contribution < -0.4 is 5.73 Å². The Balaban J connectivity index is 2.01. The van der Waals surface area contributed by atoms with Gasteiger partial charge in [-0.2, -0.15) is 11.8 Å². The van der Waals surface area contributed by atoms with Crippen LogP contribution in [0.4, 0.5) is 0 Å². The molecule has 1 aromatic rings. The molecule has 0 amide bonds. The van der Waals surface area contributed by atoms with Gasteiger partial charge in [0.2, 0.25) is 0 Å². The fourth-order valence-corrected chi connectivity index (χ4v) is 4.82. The first-order valence-corrected chi connectivity index (χ1v) is 8.00. The summed E-state index contributed by atoms with van der Waals surface area (Å²) in [6.45, 7) is 11.1. The van der Waals surface area contributed by atoms with Gasteiger partial charge in [-0.3, -0.25) is 4.90 Å². The van der Waals surface area contributed by atoms with Crippen molar-refractivity contribution in [2.45, 2.75) is 44.4 Å². The van der Waals surface area contributed by atoms with Gasteiger partial charge in [0.1, 0.15) is 0 Å². The standard InChI is InChI=1S/C13H22N2S2/c1-9-6-15(7-10(2)16-9)8-12-4-13(5-14)17-11(12)3/h4,9-10H,5-8,14H2,1-3H3. The Morgan fingerprint density at radius 1 is 1.35 bits per heavy atom. The van der Waals surface area contributed by atoms with Gasteiger partial charge < -0.3 is 5.73 Å². The Morgan fingerprint density at radius 3 is 2.53 bits per heavy atom. The Bertz CT molecular complexity index is 365. The predicted octanol–water partition coefficient (Wildman–Crippen LogP) is 2.84. The molecule has 0 saturated carbocycles. The summed E-state index contributed by atoms with van der Waals surface area (Å²) in [6.07, 6.45) is 0. The van der Waals surface area contributed by atoms with Gasteiger partial charge in [0.25, 0.3) is 0 Å². The molecular formula is C13H22N2S2. The van der Waals surface area contributed by atoms with Gasteiger partial charge in [-0.1, -0.05) is 13.8 Å². The van der Waals surface area contributed by atoms with Crippen LogP contribution in [0, 0.1) is 6.92 Å². The number of nitrogens with zero attached hydrogens (tertiary/aromatic N) is 1. The lowest BCUT2D eigenvalue weighted by Crippen LogP contribution is -2.39. The molecule has 96 valence electrons. The summed E-state index contributed by atoms with van der Waals surface area (Å²) < 4.78 is 0. The third-order valence-electron chi connectivity index (χ3n) is 3.16. The first-order chi connectivity index (χ1) is 8.08. The minimum absolute atomic E-state index is 0.675. The number of nitrogens with two attached hydrogens (primary N) is 1. The Kier molecular flexibility index (Phi) is 4.53. The fraction of sp³-hybridized carbons (Fsp3) is 0.692. The minimum Gasteiger partial charge on any atom is -0.326 e. The summed E-state index contributed by atoms with van der Waals surface area (Å²) >= 11 is 3.96. The van der Waals surface area contributed by atoms with E-state index in [2.05, 4.69) is 43.5 Å². The van der Waals surface area contributed by atoms with Gasteiger partial charge in [0.05, 0.1) is 0 Å². The maximum atomic E-state index is 5.70. The third kappa shape index (κ3) is 3.47. The number of hydrogen-bond acceptors (Lipinski definition) is 4. The van der Waals surface area contributed by atoms with Gasteiger partial charge in [0, 0.05) is 46.4 Å². The van der Waals surface area contributed by atoms with E-state index < -0.39 is 0 Å². The molecule has 0 aliphatic carbocycles. The van der Waals surface area contributed by atoms with Crippen LogP contribution in [0.2, 0.25) is 0 Å². The molecule has 1 aromatic heterocycles. The van der Waals surface area contributed by atoms with E-state index >= 15 is 0 Å². The van der Waals surface area contributed by atoms with Crippen molar-refractivity contribution in [1.82, 2.24) is 4.90 Å². The first kappa shape index (κ1) is 13.4. The zero-order valence-electron chi connectivity index (χ0n) is 10.9. The Morgan fingerprint density at radius 2 is 2.00 bits per heavy atom. The fourth-order valence-electron chi connectivity index (χ4n) is 2.50. The van der Waals surface area contributed by atoms with Crippen molar-refractivity contribution < 1.29 is 0 Å². The average molecular weight is 270 g/mol. The highest BCUT2D eigenvalue weighted by atomic mass is 32.2. The van der Waals surface area contributed by atoms with Crippen LogP contribution in [0.25, 0.3) is 0 Å². The average Bonchev–Trinajstić information content (AvgIpc) is 2.58. The lowest BCUT2D eigenvalue weighted by molar-refractivity contribution is 0.263. The van der Waals surface area contributed by atoms with Crippen LogP contribution in [-0.4, -0.2) is 28.5 Å². The largest absolute Gasteiger partial charge is 0.326 e. The van der Waals surface area contributed by atoms with Gasteiger partial charge >= 0.3 is 0 Å². The van der Waals surface area contributed by atoms with Crippen molar-refractivity contribution in [3.8, 4) is 0 Å². The molecule has 1 aliphatic heterocycles. The van der Waals surface area contributed by atoms with Crippen molar-refractivity contribution in [3.63, 3.8) is 0 Å². The molecule has 4 heteroatoms. The molecule has 1 fully saturated rings. The van der Waals surface area contributed by atoms with Crippen molar-refractivity contribution in [3.05, 3.63) is 21.4 Å². The SMILES string of the molecule is Cc1sc(CN)cc1CN1CC(C)SC(C)C1. The van der Waals surface area contributed by atoms with E-state index in [4.69, 9.17) is 5.73 Å². The lowest BCUT2D eigenvalue weighted by Gasteiger charge is -2.34. The van der Waals surface area contributed by atoms with E-state index in [-0.39, 0.29) is 0 Å². The second kappa shape index (κ2) is 5.74. The quantitative estimate of drug-likeness (QED) is 0.916. The molecule has 17 heavy (non-hydrogen) atoms. The van der Waals surface area contributed by atoms with Gasteiger partial charge in [-0.05, 0) is 18.6 Å². The second-order valence-corrected chi connectivity index (χ2v) is 8.17. The van der Waals surface area contributed by atoms with Gasteiger partial charge in [-0.25, -0.2) is 0 Å². The number of thiophene rings is 1. The van der Waals surface area contributed by atoms with Crippen LogP contribution in [0.5, 0.6) is 0 Å². The first-order valence-electron chi connectivity index (χ1n) is 6.24. The second-order valence-electron chi connectivity index (χ2n) is 4.95. The molecule has 2 unspecified atom stereocenters. The number of rotatable bonds is 3. The van der Waals surface area contributed by atoms with Crippen LogP contribution in [0.3, 0.4) is 0 Å². The number of hydrogen-bond donors (Lipinski definition) is 1. The van der Waals surface area contributed by atoms with Crippen LogP contribution >= 0.6 is 23.1 Å². The molecule has 2 heterocycles. The highest BCUT2D eigenvalue weighted by Crippen LogP contribution is 2.28. The Labute approximate surface area is 113 Å². The normalized spacial score (nSPS) is 26.4. The molecule has 0 aromatic carbocycles. The van der Waals surface area contributed by atoms with Crippen molar-refractivity contribution in [2.24, 2.45) is 5.73 Å². The van der Waals surface area contributed by atoms with Crippen LogP contribution in [-0.2, 0) is 13.1 Å². The zero-order valence-corrected chi connectivity index (χ0v) is 12.5. The maximum Gasteiger partial charge on any atom is 0.0274 e. The molecular weight excluding hydrogens is 248 g/mol. The van der Waals surface area contributed by atoms with E-state index in [0.717, 1.165) is 17.0 Å². The highest BCUT2D eigenvalue weighted by Gasteiger charge is 2.22. The molecule has 0 radical (unpaired) electrons. The van der Waals surface area contributed by atoms with E-state index in [1.54, 1.807) is 0 Å². The van der Waals surface area contributed by atoms with Gasteiger partial charge in [-0.15, -0.1) is 11.3 Å². The number of thioether (sulfide) groups is 1. The summed E-state index contributed by atoms with van der Waals surface area (Å²) in [5.74, 6) is 0. The third-order valence-corrected chi connectivity index (χ3v) is 5.50. The van der Waals surface area contributed by atoms with E-state index in [1.165, 1.54) is 28.4 Å². The molecule has 0 spiro atoms. The van der Waals surface area contributed by atoms with Crippen molar-refractivity contribution >= 4 is 23.1 Å². The topological polar surface area (TPSA) is 29.3 Å². The monoisotopic (exact) mass is 270 g/mol. The molecule has 0 bridgehead atoms. The lowest BCUT2D eigenvalue weighted by atomic mass is 10.2. The van der Waals surface area contributed by atoms with E-state index in [9.17, 15) is 0 Å². The van der Waals surface area contributed by atoms with Gasteiger partial charge in [0.15, 0.2) is 0 Å². The smallest absolute Gasteiger partial charge is 0.0274 e. The van der Waals surface area contributed by atoms with Crippen LogP contribution in [0.15, 0.2) is 6.07 Å². The molecule has 2 atom stereocenters. The molecule has 2 rings (SSSR count). The summed E-state index contributed by atoms with van der Waals surface area (Å²) in [7, 11) is 0. The summed E-state index contributed by atoms with van der Waals surface area (Å²) in [4.78, 5) is 5.33. The van der Waals surface area contributed by atoms with E-state index in [1.807, 2.05) is 11.3 Å². The minimum atomic E-state index is 0.675. The maximum absolute atomic E-state index is 5.70. The Hall–Kier alpha value is -0.0300. The van der Waals surface area contributed by atoms with Crippen molar-refractivity contribution in [1.29, 1.82) is 0 Å². The predicted molar refractivity (Wildman–Crippen MR) is 78.7 cm³/mol. The summed E-state index contributed by atoms with van der Waals surface area (Å²) in [5, 5.41) is 1.51. The van der Waals surface area contributed by atoms with E-state index in [0.29, 0.717) is 6.54 Å². The zero-order chi connectivity index (χ0) is 12.4. The summed E-state index contributed by atoms with van der Waals surface area (Å²) in [5.41, 5.74) is 7.18. The molecule has 1 saturated heterocycles. The summed E-state index contributed by atoms with van der Waals surface area (Å²) in [6, 6.07) is 2.29. The van der Waals surface area contributed by atoms with Crippen LogP contribution in [0.1, 0.15) is 29.2 Å². The number of aryl methyl sites for hydroxylation is 1. The molecule has 2 N–H and O–H groups in total.